The molecule has 1 aliphatic heterocycles. The van der Waals surface area contributed by atoms with E-state index >= 15 is 0 Å². The number of hydrogen-bond donors (Lipinski definition) is 0. The van der Waals surface area contributed by atoms with Gasteiger partial charge in [-0.05, 0) is 24.1 Å². The highest BCUT2D eigenvalue weighted by molar-refractivity contribution is 6.14. The zero-order valence-corrected chi connectivity index (χ0v) is 16.0. The topological polar surface area (TPSA) is 32.7 Å². The van der Waals surface area contributed by atoms with E-state index in [-0.39, 0.29) is 17.9 Å². The zero-order chi connectivity index (χ0) is 19.3. The Balaban J connectivity index is 1.67. The number of dihydropyridines is 1. The first-order valence-corrected chi connectivity index (χ1v) is 9.79. The molecular formula is C25H24N2O. The van der Waals surface area contributed by atoms with Gasteiger partial charge in [-0.3, -0.25) is 9.79 Å². The molecule has 1 aliphatic carbocycles. The lowest BCUT2D eigenvalue weighted by atomic mass is 9.83. The third-order valence-electron chi connectivity index (χ3n) is 5.25. The minimum atomic E-state index is -0.0282. The van der Waals surface area contributed by atoms with E-state index in [1.165, 1.54) is 0 Å². The molecule has 0 N–H and O–H groups in total. The van der Waals surface area contributed by atoms with Crippen LogP contribution in [0.5, 0.6) is 0 Å². The van der Waals surface area contributed by atoms with Crippen molar-refractivity contribution in [3.05, 3.63) is 108 Å². The maximum Gasteiger partial charge on any atom is 0.250 e. The van der Waals surface area contributed by atoms with E-state index in [0.29, 0.717) is 13.1 Å². The van der Waals surface area contributed by atoms with Gasteiger partial charge in [-0.15, -0.1) is 0 Å². The first kappa shape index (κ1) is 18.2. The van der Waals surface area contributed by atoms with Crippen molar-refractivity contribution < 1.29 is 4.79 Å². The number of amides is 1. The zero-order valence-electron chi connectivity index (χ0n) is 16.0. The van der Waals surface area contributed by atoms with Crippen molar-refractivity contribution in [1.29, 1.82) is 0 Å². The molecule has 2 aromatic rings. The van der Waals surface area contributed by atoms with Gasteiger partial charge in [-0.2, -0.15) is 0 Å². The molecule has 0 fully saturated rings. The molecule has 0 saturated carbocycles. The van der Waals surface area contributed by atoms with E-state index in [1.807, 2.05) is 78.6 Å². The van der Waals surface area contributed by atoms with Crippen LogP contribution in [0.2, 0.25) is 0 Å². The van der Waals surface area contributed by atoms with Crippen LogP contribution in [-0.2, 0) is 11.3 Å². The molecular weight excluding hydrogens is 344 g/mol. The molecule has 3 nitrogen and oxygen atoms in total. The lowest BCUT2D eigenvalue weighted by Crippen LogP contribution is -2.37. The Morgan fingerprint density at radius 3 is 2.36 bits per heavy atom. The number of benzene rings is 2. The number of rotatable bonds is 5. The molecule has 0 saturated heterocycles. The van der Waals surface area contributed by atoms with Crippen LogP contribution < -0.4 is 0 Å². The van der Waals surface area contributed by atoms with E-state index in [0.717, 1.165) is 22.4 Å². The maximum atomic E-state index is 13.5. The molecule has 0 radical (unpaired) electrons. The number of hydrogen-bond acceptors (Lipinski definition) is 2. The summed E-state index contributed by atoms with van der Waals surface area (Å²) in [6.07, 6.45) is 10.2. The van der Waals surface area contributed by atoms with E-state index in [2.05, 4.69) is 24.3 Å². The number of fused-ring (bicyclic) bond motifs is 1. The number of carbonyl (C=O) groups is 1. The van der Waals surface area contributed by atoms with Gasteiger partial charge in [0.25, 0.3) is 5.91 Å². The molecule has 140 valence electrons. The Labute approximate surface area is 166 Å². The first-order valence-electron chi connectivity index (χ1n) is 9.79. The lowest BCUT2D eigenvalue weighted by molar-refractivity contribution is -0.128. The van der Waals surface area contributed by atoms with Gasteiger partial charge in [0, 0.05) is 24.6 Å². The monoisotopic (exact) mass is 368 g/mol. The van der Waals surface area contributed by atoms with Gasteiger partial charge in [0.05, 0.1) is 11.8 Å². The molecule has 2 atom stereocenters. The largest absolute Gasteiger partial charge is 0.335 e. The summed E-state index contributed by atoms with van der Waals surface area (Å²) < 4.78 is 0. The lowest BCUT2D eigenvalue weighted by Gasteiger charge is -2.31. The number of allylic oxidation sites excluding steroid dienone is 3. The highest BCUT2D eigenvalue weighted by Crippen LogP contribution is 2.30. The van der Waals surface area contributed by atoms with Crippen molar-refractivity contribution in [3.63, 3.8) is 0 Å². The van der Waals surface area contributed by atoms with Crippen molar-refractivity contribution >= 4 is 11.6 Å². The molecule has 2 aliphatic rings. The summed E-state index contributed by atoms with van der Waals surface area (Å²) in [6, 6.07) is 20.2. The molecule has 3 heteroatoms. The standard InChI is InChI=1S/C25H24N2O/c1-2-27(18-19-11-5-3-6-12-19)25(28)22-17-24(20-13-7-4-8-14-20)26-23-16-10-9-15-21(22)23/h3-17,21,23H,2,18H2,1H3. The third-order valence-corrected chi connectivity index (χ3v) is 5.25. The Morgan fingerprint density at radius 2 is 1.64 bits per heavy atom. The minimum absolute atomic E-state index is 0.00483. The van der Waals surface area contributed by atoms with E-state index in [1.54, 1.807) is 0 Å². The normalized spacial score (nSPS) is 20.2. The molecule has 1 heterocycles. The van der Waals surface area contributed by atoms with Crippen molar-refractivity contribution in [3.8, 4) is 0 Å². The Hall–Kier alpha value is -3.20. The number of carbonyl (C=O) groups excluding carboxylic acids is 1. The van der Waals surface area contributed by atoms with E-state index in [4.69, 9.17) is 4.99 Å². The molecule has 0 aromatic heterocycles. The van der Waals surface area contributed by atoms with Gasteiger partial charge in [0.1, 0.15) is 0 Å². The second kappa shape index (κ2) is 8.22. The minimum Gasteiger partial charge on any atom is -0.335 e. The predicted molar refractivity (Wildman–Crippen MR) is 114 cm³/mol. The summed E-state index contributed by atoms with van der Waals surface area (Å²) in [5.41, 5.74) is 3.88. The summed E-state index contributed by atoms with van der Waals surface area (Å²) in [5.74, 6) is 0.0828. The molecule has 2 unspecified atom stereocenters. The van der Waals surface area contributed by atoms with Crippen LogP contribution in [-0.4, -0.2) is 29.1 Å². The van der Waals surface area contributed by atoms with Gasteiger partial charge in [0.15, 0.2) is 0 Å². The van der Waals surface area contributed by atoms with Crippen LogP contribution in [0.25, 0.3) is 0 Å². The molecule has 0 spiro atoms. The van der Waals surface area contributed by atoms with Gasteiger partial charge < -0.3 is 4.90 Å². The van der Waals surface area contributed by atoms with Crippen molar-refractivity contribution in [1.82, 2.24) is 4.90 Å². The van der Waals surface area contributed by atoms with Gasteiger partial charge in [0.2, 0.25) is 0 Å². The van der Waals surface area contributed by atoms with E-state index in [9.17, 15) is 4.79 Å². The van der Waals surface area contributed by atoms with Crippen LogP contribution in [0.1, 0.15) is 18.1 Å². The number of nitrogens with zero attached hydrogens (tertiary/aromatic N) is 2. The molecule has 1 amide bonds. The highest BCUT2D eigenvalue weighted by atomic mass is 16.2. The molecule has 4 rings (SSSR count). The molecule has 28 heavy (non-hydrogen) atoms. The van der Waals surface area contributed by atoms with Gasteiger partial charge in [-0.1, -0.05) is 85.0 Å². The average molecular weight is 368 g/mol. The fraction of sp³-hybridized carbons (Fsp3) is 0.200. The smallest absolute Gasteiger partial charge is 0.250 e. The fourth-order valence-electron chi connectivity index (χ4n) is 3.73. The van der Waals surface area contributed by atoms with Crippen LogP contribution in [0, 0.1) is 5.92 Å². The van der Waals surface area contributed by atoms with Crippen LogP contribution >= 0.6 is 0 Å². The predicted octanol–water partition coefficient (Wildman–Crippen LogP) is 4.58. The second-order valence-electron chi connectivity index (χ2n) is 7.07. The Morgan fingerprint density at radius 1 is 0.964 bits per heavy atom. The Bertz CT molecular complexity index is 955. The third kappa shape index (κ3) is 3.74. The van der Waals surface area contributed by atoms with E-state index < -0.39 is 0 Å². The second-order valence-corrected chi connectivity index (χ2v) is 7.07. The summed E-state index contributed by atoms with van der Waals surface area (Å²) >= 11 is 0. The van der Waals surface area contributed by atoms with Gasteiger partial charge >= 0.3 is 0 Å². The average Bonchev–Trinajstić information content (AvgIpc) is 2.77. The number of aliphatic imine (C=N–C) groups is 1. The number of likely N-dealkylation sites (N-methyl/N-ethyl adjacent to an activating group) is 1. The fourth-order valence-corrected chi connectivity index (χ4v) is 3.73. The summed E-state index contributed by atoms with van der Waals surface area (Å²) in [7, 11) is 0. The highest BCUT2D eigenvalue weighted by Gasteiger charge is 2.32. The van der Waals surface area contributed by atoms with Gasteiger partial charge in [-0.25, -0.2) is 0 Å². The van der Waals surface area contributed by atoms with Crippen molar-refractivity contribution in [2.45, 2.75) is 19.5 Å². The van der Waals surface area contributed by atoms with Crippen LogP contribution in [0.15, 0.2) is 102 Å². The maximum absolute atomic E-state index is 13.5. The van der Waals surface area contributed by atoms with Crippen molar-refractivity contribution in [2.75, 3.05) is 6.54 Å². The van der Waals surface area contributed by atoms with Crippen molar-refractivity contribution in [2.24, 2.45) is 10.9 Å². The summed E-state index contributed by atoms with van der Waals surface area (Å²) in [4.78, 5) is 20.3. The summed E-state index contributed by atoms with van der Waals surface area (Å²) in [6.45, 7) is 3.31. The summed E-state index contributed by atoms with van der Waals surface area (Å²) in [5, 5.41) is 0. The molecule has 2 aromatic carbocycles. The quantitative estimate of drug-likeness (QED) is 0.761. The Kier molecular flexibility index (Phi) is 5.34. The first-order chi connectivity index (χ1) is 13.8. The molecule has 0 bridgehead atoms. The van der Waals surface area contributed by atoms with Crippen LogP contribution in [0.3, 0.4) is 0 Å². The SMILES string of the molecule is CCN(Cc1ccccc1)C(=O)C1=CC(c2ccccc2)=NC2C=CC=CC12. The van der Waals surface area contributed by atoms with Crippen LogP contribution in [0.4, 0.5) is 0 Å².